The Balaban J connectivity index is 1.44. The van der Waals surface area contributed by atoms with E-state index in [-0.39, 0.29) is 18.4 Å². The van der Waals surface area contributed by atoms with Gasteiger partial charge < -0.3 is 19.6 Å². The first-order chi connectivity index (χ1) is 19.6. The Kier molecular flexibility index (Phi) is 9.72. The number of hydrogen-bond acceptors (Lipinski definition) is 7. The molecule has 0 radical (unpaired) electrons. The highest BCUT2D eigenvalue weighted by molar-refractivity contribution is 5.88. The number of nitrogens with zero attached hydrogens (tertiary/aromatic N) is 3. The number of pyridine rings is 1. The van der Waals surface area contributed by atoms with E-state index in [2.05, 4.69) is 9.88 Å². The first-order valence-corrected chi connectivity index (χ1v) is 13.7. The number of piperidine rings is 1. The quantitative estimate of drug-likeness (QED) is 0.224. The van der Waals surface area contributed by atoms with E-state index >= 15 is 0 Å². The maximum absolute atomic E-state index is 14.0. The monoisotopic (exact) mass is 574 g/mol. The number of halogens is 3. The van der Waals surface area contributed by atoms with Gasteiger partial charge in [-0.05, 0) is 76.4 Å². The van der Waals surface area contributed by atoms with Gasteiger partial charge in [0.1, 0.15) is 23.2 Å². The zero-order chi connectivity index (χ0) is 29.7. The van der Waals surface area contributed by atoms with E-state index in [0.717, 1.165) is 11.1 Å². The molecule has 1 saturated heterocycles. The molecule has 1 atom stereocenters. The predicted molar refractivity (Wildman–Crippen MR) is 149 cm³/mol. The molecule has 3 aromatic rings. The first-order valence-electron chi connectivity index (χ1n) is 13.7. The number of hydroxylamine groups is 1. The zero-order valence-corrected chi connectivity index (χ0v) is 23.6. The molecule has 1 aliphatic rings. The van der Waals surface area contributed by atoms with Gasteiger partial charge in [-0.2, -0.15) is 0 Å². The smallest absolute Gasteiger partial charge is 0.249 e. The van der Waals surface area contributed by atoms with Gasteiger partial charge in [0.05, 0.1) is 36.0 Å². The van der Waals surface area contributed by atoms with Crippen LogP contribution in [0.2, 0.25) is 0 Å². The van der Waals surface area contributed by atoms with Crippen LogP contribution in [-0.4, -0.2) is 66.9 Å². The molecule has 1 amide bonds. The fourth-order valence-corrected chi connectivity index (χ4v) is 5.78. The summed E-state index contributed by atoms with van der Waals surface area (Å²) in [7, 11) is 5.31. The minimum absolute atomic E-state index is 0.127. The third-order valence-corrected chi connectivity index (χ3v) is 8.21. The molecule has 3 N–H and O–H groups in total. The van der Waals surface area contributed by atoms with Gasteiger partial charge in [0.2, 0.25) is 5.91 Å². The van der Waals surface area contributed by atoms with Crippen molar-refractivity contribution in [2.24, 2.45) is 5.41 Å². The van der Waals surface area contributed by atoms with Crippen LogP contribution in [0.15, 0.2) is 36.5 Å². The van der Waals surface area contributed by atoms with Crippen LogP contribution in [0.4, 0.5) is 18.9 Å². The van der Waals surface area contributed by atoms with Crippen molar-refractivity contribution in [2.45, 2.75) is 44.6 Å². The second kappa shape index (κ2) is 13.1. The maximum atomic E-state index is 14.0. The molecule has 0 aliphatic carbocycles. The molecular weight excluding hydrogens is 537 g/mol. The fraction of sp³-hybridized carbons (Fsp3) is 0.467. The number of methoxy groups -OCH3 is 1. The van der Waals surface area contributed by atoms with Gasteiger partial charge in [0.15, 0.2) is 0 Å². The summed E-state index contributed by atoms with van der Waals surface area (Å²) in [6.45, 7) is 1.62. The molecule has 41 heavy (non-hydrogen) atoms. The second-order valence-electron chi connectivity index (χ2n) is 10.9. The Hall–Kier alpha value is -3.41. The first kappa shape index (κ1) is 30.5. The maximum Gasteiger partial charge on any atom is 0.249 e. The Bertz CT molecular complexity index is 1360. The number of nitrogens with one attached hydrogen (secondary N) is 1. The largest absolute Gasteiger partial charge is 0.497 e. The van der Waals surface area contributed by atoms with Crippen molar-refractivity contribution in [2.75, 3.05) is 45.7 Å². The van der Waals surface area contributed by atoms with E-state index in [9.17, 15) is 28.3 Å². The lowest BCUT2D eigenvalue weighted by molar-refractivity contribution is -0.143. The summed E-state index contributed by atoms with van der Waals surface area (Å²) in [6.07, 6.45) is 2.88. The summed E-state index contributed by atoms with van der Waals surface area (Å²) in [5, 5.41) is 21.8. The number of rotatable bonds is 11. The minimum Gasteiger partial charge on any atom is -0.497 e. The van der Waals surface area contributed by atoms with Crippen LogP contribution in [0, 0.1) is 22.9 Å². The van der Waals surface area contributed by atoms with E-state index in [1.807, 2.05) is 42.7 Å². The molecule has 4 rings (SSSR count). The van der Waals surface area contributed by atoms with E-state index in [4.69, 9.17) is 4.74 Å². The molecule has 11 heteroatoms. The van der Waals surface area contributed by atoms with Crippen molar-refractivity contribution in [1.82, 2.24) is 15.4 Å². The van der Waals surface area contributed by atoms with Gasteiger partial charge in [-0.3, -0.25) is 15.0 Å². The number of amides is 1. The normalized spacial score (nSPS) is 16.0. The van der Waals surface area contributed by atoms with Crippen LogP contribution < -0.4 is 15.1 Å². The third-order valence-electron chi connectivity index (χ3n) is 8.21. The summed E-state index contributed by atoms with van der Waals surface area (Å²) in [5.41, 5.74) is 2.95. The lowest BCUT2D eigenvalue weighted by Gasteiger charge is -2.40. The van der Waals surface area contributed by atoms with Crippen molar-refractivity contribution < 1.29 is 33.0 Å². The predicted octanol–water partition coefficient (Wildman–Crippen LogP) is 4.76. The molecule has 0 bridgehead atoms. The van der Waals surface area contributed by atoms with Gasteiger partial charge in [-0.15, -0.1) is 0 Å². The number of hydrogen-bond donors (Lipinski definition) is 3. The lowest BCUT2D eigenvalue weighted by atomic mass is 9.73. The Morgan fingerprint density at radius 3 is 2.46 bits per heavy atom. The summed E-state index contributed by atoms with van der Waals surface area (Å²) in [5.74, 6) is -2.59. The Labute approximate surface area is 237 Å². The van der Waals surface area contributed by atoms with Gasteiger partial charge in [0, 0.05) is 42.7 Å². The molecule has 1 aliphatic heterocycles. The van der Waals surface area contributed by atoms with E-state index in [0.29, 0.717) is 74.3 Å². The summed E-state index contributed by atoms with van der Waals surface area (Å²) >= 11 is 0. The van der Waals surface area contributed by atoms with E-state index in [1.54, 1.807) is 13.3 Å². The number of ether oxygens (including phenoxy) is 1. The highest BCUT2D eigenvalue weighted by atomic mass is 19.1. The lowest BCUT2D eigenvalue weighted by Crippen LogP contribution is -2.48. The molecule has 0 spiro atoms. The molecule has 0 saturated carbocycles. The third kappa shape index (κ3) is 6.74. The number of aliphatic hydroxyl groups excluding tert-OH is 1. The molecule has 1 unspecified atom stereocenters. The van der Waals surface area contributed by atoms with E-state index in [1.165, 1.54) is 0 Å². The average molecular weight is 575 g/mol. The van der Waals surface area contributed by atoms with Crippen LogP contribution >= 0.6 is 0 Å². The summed E-state index contributed by atoms with van der Waals surface area (Å²) in [4.78, 5) is 21.4. The van der Waals surface area contributed by atoms with Crippen molar-refractivity contribution in [3.63, 3.8) is 0 Å². The molecule has 2 aromatic carbocycles. The molecule has 1 fully saturated rings. The van der Waals surface area contributed by atoms with Crippen LogP contribution in [0.5, 0.6) is 5.75 Å². The minimum atomic E-state index is -0.946. The number of carbonyl (C=O) groups excluding carboxylic acids is 1. The number of likely N-dealkylation sites (tertiary alicyclic amines) is 1. The molecular formula is C30H37F3N4O4. The van der Waals surface area contributed by atoms with Crippen molar-refractivity contribution in [1.29, 1.82) is 0 Å². The fourth-order valence-electron chi connectivity index (χ4n) is 5.78. The topological polar surface area (TPSA) is 98.2 Å². The van der Waals surface area contributed by atoms with Crippen molar-refractivity contribution in [3.8, 4) is 5.75 Å². The number of fused-ring (bicyclic) bond motifs is 1. The van der Waals surface area contributed by atoms with Gasteiger partial charge >= 0.3 is 0 Å². The zero-order valence-electron chi connectivity index (χ0n) is 23.6. The number of carbonyl (C=O) groups is 1. The highest BCUT2D eigenvalue weighted by Crippen LogP contribution is 2.41. The van der Waals surface area contributed by atoms with Crippen molar-refractivity contribution in [3.05, 3.63) is 65.1 Å². The number of anilines is 1. The summed E-state index contributed by atoms with van der Waals surface area (Å²) in [6, 6.07) is 6.85. The van der Waals surface area contributed by atoms with E-state index < -0.39 is 34.9 Å². The molecule has 222 valence electrons. The number of benzene rings is 2. The number of aromatic nitrogens is 1. The Morgan fingerprint density at radius 2 is 1.85 bits per heavy atom. The van der Waals surface area contributed by atoms with Crippen LogP contribution in [-0.2, 0) is 11.2 Å². The highest BCUT2D eigenvalue weighted by Gasteiger charge is 2.41. The van der Waals surface area contributed by atoms with Gasteiger partial charge in [-0.1, -0.05) is 0 Å². The number of aliphatic hydroxyl groups is 1. The summed E-state index contributed by atoms with van der Waals surface area (Å²) < 4.78 is 46.5. The SMILES string of the molecule is COc1ccc2ncc(N(C)C)c(C(O)CCC3(C(=O)NO)CCN(CCCc4c(F)cc(F)cc4F)CC3)c2c1. The standard InChI is InChI=1S/C30H37F3N4O4/c1-36(2)26-18-34-25-7-6-20(41-3)17-22(25)28(26)27(38)8-9-30(29(39)35-40)10-13-37(14-11-30)12-4-5-21-23(32)15-19(31)16-24(21)33/h6-7,15-18,27,38,40H,4-5,8-14H2,1-3H3,(H,35,39). The second-order valence-corrected chi connectivity index (χ2v) is 10.9. The molecule has 2 heterocycles. The average Bonchev–Trinajstić information content (AvgIpc) is 2.96. The van der Waals surface area contributed by atoms with Crippen LogP contribution in [0.1, 0.15) is 49.3 Å². The van der Waals surface area contributed by atoms with Gasteiger partial charge in [-0.25, -0.2) is 18.7 Å². The Morgan fingerprint density at radius 1 is 1.17 bits per heavy atom. The van der Waals surface area contributed by atoms with Crippen molar-refractivity contribution >= 4 is 22.5 Å². The van der Waals surface area contributed by atoms with Crippen LogP contribution in [0.3, 0.4) is 0 Å². The van der Waals surface area contributed by atoms with Gasteiger partial charge in [0.25, 0.3) is 0 Å². The molecule has 1 aromatic heterocycles. The van der Waals surface area contributed by atoms with Crippen LogP contribution in [0.25, 0.3) is 10.9 Å². The molecule has 8 nitrogen and oxygen atoms in total.